The molecule has 5 nitrogen and oxygen atoms in total. The lowest BCUT2D eigenvalue weighted by Gasteiger charge is -2.10. The molecule has 0 unspecified atom stereocenters. The van der Waals surface area contributed by atoms with Gasteiger partial charge in [0.05, 0.1) is 34.5 Å². The van der Waals surface area contributed by atoms with Crippen molar-refractivity contribution in [1.29, 1.82) is 0 Å². The number of hydrogen-bond acceptors (Lipinski definition) is 6. The maximum Gasteiger partial charge on any atom is 0.258 e. The number of aromatic nitrogens is 2. The summed E-state index contributed by atoms with van der Waals surface area (Å²) in [7, 11) is 1.63. The molecule has 0 fully saturated rings. The molecule has 0 saturated carbocycles. The molecular formula is C24H17N3O2S2. The highest BCUT2D eigenvalue weighted by atomic mass is 32.1. The fourth-order valence-electron chi connectivity index (χ4n) is 3.31. The molecule has 3 heterocycles. The Hall–Kier alpha value is -3.55. The van der Waals surface area contributed by atoms with Crippen molar-refractivity contribution < 1.29 is 9.53 Å². The average molecular weight is 444 g/mol. The number of ether oxygens (including phenoxy) is 1. The zero-order chi connectivity index (χ0) is 21.2. The third kappa shape index (κ3) is 3.93. The number of thiazole rings is 1. The molecule has 0 spiro atoms. The summed E-state index contributed by atoms with van der Waals surface area (Å²) < 4.78 is 5.24. The van der Waals surface area contributed by atoms with Crippen LogP contribution in [0, 0.1) is 0 Å². The molecule has 0 bridgehead atoms. The number of hydrogen-bond donors (Lipinski definition) is 1. The van der Waals surface area contributed by atoms with E-state index in [0.717, 1.165) is 38.5 Å². The van der Waals surface area contributed by atoms with Crippen molar-refractivity contribution in [3.8, 4) is 27.6 Å². The van der Waals surface area contributed by atoms with E-state index in [1.807, 2.05) is 77.5 Å². The van der Waals surface area contributed by atoms with E-state index in [4.69, 9.17) is 9.72 Å². The highest BCUT2D eigenvalue weighted by Gasteiger charge is 2.16. The number of pyridine rings is 1. The lowest BCUT2D eigenvalue weighted by atomic mass is 10.0. The standard InChI is InChI=1S/C24H17N3O2S2/c1-29-16-10-8-15(9-11-16)20-13-18(17-5-2-3-6-19(17)25-20)23(28)27-24-26-21(14-31-24)22-7-4-12-30-22/h2-14H,1H3,(H,26,27,28). The maximum atomic E-state index is 13.2. The van der Waals surface area contributed by atoms with E-state index in [-0.39, 0.29) is 5.91 Å². The van der Waals surface area contributed by atoms with Crippen LogP contribution in [-0.2, 0) is 0 Å². The van der Waals surface area contributed by atoms with Crippen molar-refractivity contribution in [2.24, 2.45) is 0 Å². The predicted octanol–water partition coefficient (Wildman–Crippen LogP) is 6.35. The van der Waals surface area contributed by atoms with Crippen molar-refractivity contribution in [2.45, 2.75) is 0 Å². The number of para-hydroxylation sites is 1. The molecule has 5 rings (SSSR count). The van der Waals surface area contributed by atoms with Crippen LogP contribution in [-0.4, -0.2) is 23.0 Å². The van der Waals surface area contributed by atoms with E-state index in [9.17, 15) is 4.79 Å². The van der Waals surface area contributed by atoms with Crippen molar-refractivity contribution in [3.05, 3.63) is 83.1 Å². The Morgan fingerprint density at radius 1 is 0.935 bits per heavy atom. The van der Waals surface area contributed by atoms with E-state index in [1.54, 1.807) is 18.4 Å². The van der Waals surface area contributed by atoms with E-state index in [2.05, 4.69) is 10.3 Å². The average Bonchev–Trinajstić information content (AvgIpc) is 3.50. The van der Waals surface area contributed by atoms with Crippen LogP contribution in [0.2, 0.25) is 0 Å². The van der Waals surface area contributed by atoms with Gasteiger partial charge in [0, 0.05) is 16.3 Å². The minimum Gasteiger partial charge on any atom is -0.497 e. The first-order valence-electron chi connectivity index (χ1n) is 9.56. The summed E-state index contributed by atoms with van der Waals surface area (Å²) in [6.07, 6.45) is 0. The number of fused-ring (bicyclic) bond motifs is 1. The van der Waals surface area contributed by atoms with Crippen molar-refractivity contribution >= 4 is 44.6 Å². The lowest BCUT2D eigenvalue weighted by molar-refractivity contribution is 0.102. The molecule has 0 saturated heterocycles. The van der Waals surface area contributed by atoms with Gasteiger partial charge in [-0.2, -0.15) is 0 Å². The number of amides is 1. The molecule has 31 heavy (non-hydrogen) atoms. The molecule has 1 amide bonds. The fourth-order valence-corrected chi connectivity index (χ4v) is 4.77. The first-order valence-corrected chi connectivity index (χ1v) is 11.3. The highest BCUT2D eigenvalue weighted by Crippen LogP contribution is 2.30. The van der Waals surface area contributed by atoms with Crippen LogP contribution in [0.15, 0.2) is 77.5 Å². The van der Waals surface area contributed by atoms with Crippen LogP contribution in [0.25, 0.3) is 32.7 Å². The van der Waals surface area contributed by atoms with E-state index >= 15 is 0 Å². The van der Waals surface area contributed by atoms with Crippen molar-refractivity contribution in [1.82, 2.24) is 9.97 Å². The number of rotatable bonds is 5. The summed E-state index contributed by atoms with van der Waals surface area (Å²) in [5, 5.41) is 8.29. The molecule has 5 aromatic rings. The normalized spacial score (nSPS) is 10.9. The largest absolute Gasteiger partial charge is 0.497 e. The Morgan fingerprint density at radius 3 is 2.55 bits per heavy atom. The van der Waals surface area contributed by atoms with Gasteiger partial charge >= 0.3 is 0 Å². The van der Waals surface area contributed by atoms with Crippen LogP contribution in [0.5, 0.6) is 5.75 Å². The quantitative estimate of drug-likeness (QED) is 0.344. The van der Waals surface area contributed by atoms with Crippen LogP contribution >= 0.6 is 22.7 Å². The number of nitrogens with one attached hydrogen (secondary N) is 1. The molecule has 0 aliphatic rings. The van der Waals surface area contributed by atoms with Crippen LogP contribution in [0.3, 0.4) is 0 Å². The maximum absolute atomic E-state index is 13.2. The van der Waals surface area contributed by atoms with E-state index < -0.39 is 0 Å². The van der Waals surface area contributed by atoms with Crippen LogP contribution < -0.4 is 10.1 Å². The molecule has 7 heteroatoms. The third-order valence-corrected chi connectivity index (χ3v) is 6.49. The Balaban J connectivity index is 1.51. The molecule has 3 aromatic heterocycles. The second-order valence-corrected chi connectivity index (χ2v) is 8.58. The number of anilines is 1. The first kappa shape index (κ1) is 19.4. The lowest BCUT2D eigenvalue weighted by Crippen LogP contribution is -2.13. The summed E-state index contributed by atoms with van der Waals surface area (Å²) >= 11 is 3.04. The van der Waals surface area contributed by atoms with Gasteiger partial charge in [0.15, 0.2) is 5.13 Å². The Labute approximate surface area is 187 Å². The molecular weight excluding hydrogens is 426 g/mol. The van der Waals surface area contributed by atoms with Gasteiger partial charge in [-0.3, -0.25) is 10.1 Å². The molecule has 0 atom stereocenters. The number of carbonyl (C=O) groups excluding carboxylic acids is 1. The number of benzene rings is 2. The van der Waals surface area contributed by atoms with Crippen LogP contribution in [0.1, 0.15) is 10.4 Å². The summed E-state index contributed by atoms with van der Waals surface area (Å²) in [5.41, 5.74) is 3.83. The van der Waals surface area contributed by atoms with Gasteiger partial charge < -0.3 is 4.74 Å². The highest BCUT2D eigenvalue weighted by molar-refractivity contribution is 7.16. The molecule has 2 aromatic carbocycles. The van der Waals surface area contributed by atoms with Crippen molar-refractivity contribution in [2.75, 3.05) is 12.4 Å². The number of thiophene rings is 1. The summed E-state index contributed by atoms with van der Waals surface area (Å²) in [6, 6.07) is 21.1. The first-order chi connectivity index (χ1) is 15.2. The summed E-state index contributed by atoms with van der Waals surface area (Å²) in [4.78, 5) is 23.6. The molecule has 152 valence electrons. The number of methoxy groups -OCH3 is 1. The fraction of sp³-hybridized carbons (Fsp3) is 0.0417. The summed E-state index contributed by atoms with van der Waals surface area (Å²) in [6.45, 7) is 0. The van der Waals surface area contributed by atoms with Crippen LogP contribution in [0.4, 0.5) is 5.13 Å². The minimum absolute atomic E-state index is 0.208. The second kappa shape index (κ2) is 8.29. The summed E-state index contributed by atoms with van der Waals surface area (Å²) in [5.74, 6) is 0.563. The molecule has 0 radical (unpaired) electrons. The Bertz CT molecular complexity index is 1360. The van der Waals surface area contributed by atoms with E-state index in [1.165, 1.54) is 11.3 Å². The zero-order valence-electron chi connectivity index (χ0n) is 16.5. The molecule has 0 aliphatic carbocycles. The van der Waals surface area contributed by atoms with Gasteiger partial charge in [-0.05, 0) is 47.8 Å². The SMILES string of the molecule is COc1ccc(-c2cc(C(=O)Nc3nc(-c4cccs4)cs3)c3ccccc3n2)cc1. The van der Waals surface area contributed by atoms with Gasteiger partial charge in [0.2, 0.25) is 0 Å². The third-order valence-electron chi connectivity index (χ3n) is 4.84. The van der Waals surface area contributed by atoms with Crippen molar-refractivity contribution in [3.63, 3.8) is 0 Å². The number of carbonyl (C=O) groups is 1. The monoisotopic (exact) mass is 443 g/mol. The number of nitrogens with zero attached hydrogens (tertiary/aromatic N) is 2. The topological polar surface area (TPSA) is 64.1 Å². The smallest absolute Gasteiger partial charge is 0.258 e. The van der Waals surface area contributed by atoms with Gasteiger partial charge in [0.1, 0.15) is 5.75 Å². The Kier molecular flexibility index (Phi) is 5.19. The predicted molar refractivity (Wildman–Crippen MR) is 127 cm³/mol. The van der Waals surface area contributed by atoms with Gasteiger partial charge in [0.25, 0.3) is 5.91 Å². The van der Waals surface area contributed by atoms with E-state index in [0.29, 0.717) is 10.7 Å². The molecule has 0 aliphatic heterocycles. The minimum atomic E-state index is -0.208. The molecule has 1 N–H and O–H groups in total. The second-order valence-electron chi connectivity index (χ2n) is 6.77. The van der Waals surface area contributed by atoms with Gasteiger partial charge in [-0.25, -0.2) is 9.97 Å². The van der Waals surface area contributed by atoms with Gasteiger partial charge in [-0.15, -0.1) is 22.7 Å². The Morgan fingerprint density at radius 2 is 1.77 bits per heavy atom. The zero-order valence-corrected chi connectivity index (χ0v) is 18.2. The van der Waals surface area contributed by atoms with Gasteiger partial charge in [-0.1, -0.05) is 24.3 Å².